The number of rotatable bonds is 13. The first-order valence-electron chi connectivity index (χ1n) is 11.0. The molecule has 1 aromatic carbocycles. The summed E-state index contributed by atoms with van der Waals surface area (Å²) in [6, 6.07) is 7.27. The van der Waals surface area contributed by atoms with E-state index in [-0.39, 0.29) is 5.56 Å². The van der Waals surface area contributed by atoms with Gasteiger partial charge in [0.1, 0.15) is 5.75 Å². The van der Waals surface area contributed by atoms with Crippen molar-refractivity contribution in [3.05, 3.63) is 40.8 Å². The number of ether oxygens (including phenoxy) is 2. The minimum Gasteiger partial charge on any atom is -0.478 e. The van der Waals surface area contributed by atoms with Gasteiger partial charge < -0.3 is 14.0 Å². The highest BCUT2D eigenvalue weighted by Gasteiger charge is 2.17. The van der Waals surface area contributed by atoms with Crippen LogP contribution in [0.4, 0.5) is 0 Å². The van der Waals surface area contributed by atoms with E-state index >= 15 is 0 Å². The van der Waals surface area contributed by atoms with Crippen molar-refractivity contribution in [3.63, 3.8) is 0 Å². The zero-order valence-electron chi connectivity index (χ0n) is 18.1. The van der Waals surface area contributed by atoms with Gasteiger partial charge in [0.05, 0.1) is 12.0 Å². The zero-order chi connectivity index (χ0) is 21.1. The van der Waals surface area contributed by atoms with Gasteiger partial charge in [0.2, 0.25) is 0 Å². The second kappa shape index (κ2) is 12.3. The quantitative estimate of drug-likeness (QED) is 0.330. The first-order chi connectivity index (χ1) is 14.1. The molecule has 160 valence electrons. The number of nitrogens with zero attached hydrogens (tertiary/aromatic N) is 1. The summed E-state index contributed by atoms with van der Waals surface area (Å²) in [4.78, 5) is 24.7. The molecule has 1 aromatic heterocycles. The fraction of sp³-hybridized carbons (Fsp3) is 0.583. The molecule has 0 aliphatic rings. The Labute approximate surface area is 174 Å². The van der Waals surface area contributed by atoms with E-state index in [1.807, 2.05) is 18.3 Å². The summed E-state index contributed by atoms with van der Waals surface area (Å²) in [7, 11) is 0. The van der Waals surface area contributed by atoms with E-state index in [1.165, 1.54) is 38.5 Å². The van der Waals surface area contributed by atoms with Gasteiger partial charge in [0.15, 0.2) is 6.10 Å². The summed E-state index contributed by atoms with van der Waals surface area (Å²) in [6.07, 6.45) is 11.0. The number of aromatic nitrogens is 1. The van der Waals surface area contributed by atoms with Crippen LogP contribution in [0.1, 0.15) is 72.1 Å². The average molecular weight is 402 g/mol. The molecule has 0 radical (unpaired) electrons. The van der Waals surface area contributed by atoms with Crippen LogP contribution >= 0.6 is 0 Å². The lowest BCUT2D eigenvalue weighted by Gasteiger charge is -2.15. The van der Waals surface area contributed by atoms with Crippen LogP contribution in [0.2, 0.25) is 0 Å². The molecule has 5 heteroatoms. The van der Waals surface area contributed by atoms with Gasteiger partial charge in [-0.1, -0.05) is 57.9 Å². The monoisotopic (exact) mass is 401 g/mol. The highest BCUT2D eigenvalue weighted by Crippen LogP contribution is 2.24. The number of unbranched alkanes of at least 4 members (excludes halogenated alkanes) is 7. The van der Waals surface area contributed by atoms with E-state index in [2.05, 4.69) is 6.92 Å². The number of hydrogen-bond acceptors (Lipinski definition) is 4. The molecule has 0 fully saturated rings. The lowest BCUT2D eigenvalue weighted by molar-refractivity contribution is -0.150. The molecule has 0 N–H and O–H groups in total. The van der Waals surface area contributed by atoms with Crippen LogP contribution in [-0.2, 0) is 16.1 Å². The molecule has 0 saturated heterocycles. The minimum atomic E-state index is -0.722. The molecular weight excluding hydrogens is 366 g/mol. The van der Waals surface area contributed by atoms with E-state index in [0.29, 0.717) is 17.7 Å². The smallest absolute Gasteiger partial charge is 0.347 e. The van der Waals surface area contributed by atoms with Crippen LogP contribution < -0.4 is 10.3 Å². The Morgan fingerprint density at radius 2 is 1.66 bits per heavy atom. The SMILES string of the molecule is CCCCCCCCCCn1ccc2c(OC(C)C(=O)OCC)cccc2c1=O. The number of carbonyl (C=O) groups is 1. The number of carbonyl (C=O) groups excluding carboxylic acids is 1. The largest absolute Gasteiger partial charge is 0.478 e. The number of pyridine rings is 1. The molecule has 0 amide bonds. The van der Waals surface area contributed by atoms with Crippen LogP contribution in [0, 0.1) is 0 Å². The lowest BCUT2D eigenvalue weighted by atomic mass is 10.1. The third-order valence-corrected chi connectivity index (χ3v) is 5.15. The molecule has 0 saturated carbocycles. The number of benzene rings is 1. The Morgan fingerprint density at radius 1 is 0.966 bits per heavy atom. The van der Waals surface area contributed by atoms with Gasteiger partial charge in [-0.05, 0) is 38.5 Å². The van der Waals surface area contributed by atoms with E-state index in [4.69, 9.17) is 9.47 Å². The number of fused-ring (bicyclic) bond motifs is 1. The third kappa shape index (κ3) is 6.91. The van der Waals surface area contributed by atoms with E-state index in [1.54, 1.807) is 30.5 Å². The van der Waals surface area contributed by atoms with Crippen molar-refractivity contribution < 1.29 is 14.3 Å². The highest BCUT2D eigenvalue weighted by molar-refractivity contribution is 5.88. The lowest BCUT2D eigenvalue weighted by Crippen LogP contribution is -2.26. The van der Waals surface area contributed by atoms with Gasteiger partial charge in [-0.25, -0.2) is 4.79 Å². The average Bonchev–Trinajstić information content (AvgIpc) is 2.72. The molecule has 0 spiro atoms. The summed E-state index contributed by atoms with van der Waals surface area (Å²) in [5, 5.41) is 1.33. The van der Waals surface area contributed by atoms with E-state index in [0.717, 1.165) is 24.8 Å². The number of hydrogen-bond donors (Lipinski definition) is 0. The summed E-state index contributed by atoms with van der Waals surface area (Å²) >= 11 is 0. The van der Waals surface area contributed by atoms with Crippen molar-refractivity contribution in [3.8, 4) is 5.75 Å². The van der Waals surface area contributed by atoms with Crippen molar-refractivity contribution in [2.45, 2.75) is 84.8 Å². The number of aryl methyl sites for hydroxylation is 1. The second-order valence-electron chi connectivity index (χ2n) is 7.52. The maximum absolute atomic E-state index is 12.9. The van der Waals surface area contributed by atoms with Gasteiger partial charge in [0, 0.05) is 18.1 Å². The summed E-state index contributed by atoms with van der Waals surface area (Å²) in [5.74, 6) is 0.118. The first-order valence-corrected chi connectivity index (χ1v) is 11.0. The Kier molecular flexibility index (Phi) is 9.75. The minimum absolute atomic E-state index is 0.0142. The molecule has 0 bridgehead atoms. The summed E-state index contributed by atoms with van der Waals surface area (Å²) in [5.41, 5.74) is -0.0142. The zero-order valence-corrected chi connectivity index (χ0v) is 18.1. The highest BCUT2D eigenvalue weighted by atomic mass is 16.6. The third-order valence-electron chi connectivity index (χ3n) is 5.15. The maximum atomic E-state index is 12.9. The molecule has 0 aliphatic heterocycles. The molecule has 1 atom stereocenters. The van der Waals surface area contributed by atoms with Gasteiger partial charge in [-0.3, -0.25) is 4.79 Å². The predicted octanol–water partition coefficient (Wildman–Crippen LogP) is 5.47. The van der Waals surface area contributed by atoms with E-state index in [9.17, 15) is 9.59 Å². The fourth-order valence-corrected chi connectivity index (χ4v) is 3.48. The Hall–Kier alpha value is -2.30. The molecule has 5 nitrogen and oxygen atoms in total. The van der Waals surface area contributed by atoms with Crippen LogP contribution in [0.3, 0.4) is 0 Å². The van der Waals surface area contributed by atoms with E-state index < -0.39 is 12.1 Å². The van der Waals surface area contributed by atoms with Crippen molar-refractivity contribution in [1.82, 2.24) is 4.57 Å². The van der Waals surface area contributed by atoms with Gasteiger partial charge in [-0.15, -0.1) is 0 Å². The van der Waals surface area contributed by atoms with Crippen LogP contribution in [0.25, 0.3) is 10.8 Å². The molecule has 1 heterocycles. The van der Waals surface area contributed by atoms with Crippen LogP contribution in [0.15, 0.2) is 35.3 Å². The van der Waals surface area contributed by atoms with Gasteiger partial charge in [-0.2, -0.15) is 0 Å². The second-order valence-corrected chi connectivity index (χ2v) is 7.52. The molecule has 2 rings (SSSR count). The standard InChI is InChI=1S/C24H35NO4/c1-4-6-7-8-9-10-11-12-17-25-18-16-20-21(23(25)26)14-13-15-22(20)29-19(3)24(27)28-5-2/h13-16,18-19H,4-12,17H2,1-3H3. The number of esters is 1. The van der Waals surface area contributed by atoms with Crippen molar-refractivity contribution in [2.24, 2.45) is 0 Å². The maximum Gasteiger partial charge on any atom is 0.347 e. The molecule has 1 unspecified atom stereocenters. The molecule has 29 heavy (non-hydrogen) atoms. The summed E-state index contributed by atoms with van der Waals surface area (Å²) in [6.45, 7) is 6.69. The normalized spacial score (nSPS) is 12.1. The Bertz CT molecular complexity index is 827. The predicted molar refractivity (Wildman–Crippen MR) is 118 cm³/mol. The van der Waals surface area contributed by atoms with Crippen molar-refractivity contribution >= 4 is 16.7 Å². The van der Waals surface area contributed by atoms with Crippen molar-refractivity contribution in [1.29, 1.82) is 0 Å². The topological polar surface area (TPSA) is 57.5 Å². The first kappa shape index (κ1) is 23.0. The Morgan fingerprint density at radius 3 is 2.34 bits per heavy atom. The summed E-state index contributed by atoms with van der Waals surface area (Å²) < 4.78 is 12.5. The van der Waals surface area contributed by atoms with Crippen LogP contribution in [0.5, 0.6) is 5.75 Å². The van der Waals surface area contributed by atoms with Gasteiger partial charge >= 0.3 is 5.97 Å². The fourth-order valence-electron chi connectivity index (χ4n) is 3.48. The molecule has 2 aromatic rings. The van der Waals surface area contributed by atoms with Gasteiger partial charge in [0.25, 0.3) is 5.56 Å². The van der Waals surface area contributed by atoms with Crippen molar-refractivity contribution in [2.75, 3.05) is 6.61 Å². The molecular formula is C24H35NO4. The molecule has 0 aliphatic carbocycles. The Balaban J connectivity index is 1.97. The van der Waals surface area contributed by atoms with Crippen LogP contribution in [-0.4, -0.2) is 23.2 Å².